The smallest absolute Gasteiger partial charge is 0.0566 e. The predicted molar refractivity (Wildman–Crippen MR) is 31.9 cm³/mol. The molecule has 43 valence electrons. The largest absolute Gasteiger partial charge is 0.305 e. The Kier molecular flexibility index (Phi) is 4.04. The predicted octanol–water partition coefficient (Wildman–Crippen LogP) is -0.0245. The molecule has 0 aromatic heterocycles. The van der Waals surface area contributed by atoms with Crippen molar-refractivity contribution < 1.29 is 0 Å². The molecule has 0 heterocycles. The zero-order chi connectivity index (χ0) is 5.70. The molecular formula is C5H13N2. The van der Waals surface area contributed by atoms with Crippen LogP contribution < -0.4 is 10.6 Å². The maximum absolute atomic E-state index is 3.70. The standard InChI is InChI=1S/C5H13N2/c1-4-5(6-2)7-3/h5-7H,1,4H2,2-3H3. The van der Waals surface area contributed by atoms with E-state index in [1.54, 1.807) is 0 Å². The summed E-state index contributed by atoms with van der Waals surface area (Å²) in [6.45, 7) is 3.70. The first-order valence-electron chi connectivity index (χ1n) is 2.49. The fraction of sp³-hybridized carbons (Fsp3) is 0.800. The highest BCUT2D eigenvalue weighted by molar-refractivity contribution is 4.58. The van der Waals surface area contributed by atoms with Crippen LogP contribution in [0.5, 0.6) is 0 Å². The Balaban J connectivity index is 2.99. The van der Waals surface area contributed by atoms with Gasteiger partial charge in [0.05, 0.1) is 6.17 Å². The third-order valence-electron chi connectivity index (χ3n) is 0.986. The van der Waals surface area contributed by atoms with Crippen LogP contribution in [-0.2, 0) is 0 Å². The van der Waals surface area contributed by atoms with Gasteiger partial charge in [0.1, 0.15) is 0 Å². The molecule has 0 rings (SSSR count). The molecule has 0 saturated heterocycles. The van der Waals surface area contributed by atoms with Gasteiger partial charge in [-0.25, -0.2) is 0 Å². The van der Waals surface area contributed by atoms with Crippen LogP contribution in [0.15, 0.2) is 0 Å². The van der Waals surface area contributed by atoms with Gasteiger partial charge in [-0.3, -0.25) is 0 Å². The van der Waals surface area contributed by atoms with E-state index < -0.39 is 0 Å². The van der Waals surface area contributed by atoms with Gasteiger partial charge >= 0.3 is 0 Å². The van der Waals surface area contributed by atoms with Gasteiger partial charge in [0, 0.05) is 0 Å². The number of rotatable bonds is 3. The van der Waals surface area contributed by atoms with Crippen molar-refractivity contribution >= 4 is 0 Å². The van der Waals surface area contributed by atoms with Crippen LogP contribution in [-0.4, -0.2) is 20.3 Å². The summed E-state index contributed by atoms with van der Waals surface area (Å²) in [6, 6.07) is 0. The second-order valence-corrected chi connectivity index (χ2v) is 1.42. The Morgan fingerprint density at radius 1 is 1.43 bits per heavy atom. The van der Waals surface area contributed by atoms with Gasteiger partial charge in [0.25, 0.3) is 0 Å². The van der Waals surface area contributed by atoms with Gasteiger partial charge in [-0.15, -0.1) is 0 Å². The summed E-state index contributed by atoms with van der Waals surface area (Å²) in [5.74, 6) is 0. The van der Waals surface area contributed by atoms with E-state index in [0.29, 0.717) is 6.17 Å². The topological polar surface area (TPSA) is 24.1 Å². The van der Waals surface area contributed by atoms with Gasteiger partial charge in [0.2, 0.25) is 0 Å². The Bertz CT molecular complexity index is 27.6. The average molecular weight is 101 g/mol. The van der Waals surface area contributed by atoms with E-state index in [-0.39, 0.29) is 0 Å². The number of nitrogens with one attached hydrogen (secondary N) is 2. The molecule has 0 unspecified atom stereocenters. The zero-order valence-electron chi connectivity index (χ0n) is 4.99. The van der Waals surface area contributed by atoms with E-state index in [9.17, 15) is 0 Å². The molecule has 0 atom stereocenters. The van der Waals surface area contributed by atoms with Crippen LogP contribution in [0.2, 0.25) is 0 Å². The molecule has 0 aliphatic rings. The Labute approximate surface area is 45.3 Å². The van der Waals surface area contributed by atoms with E-state index in [1.165, 1.54) is 0 Å². The fourth-order valence-corrected chi connectivity index (χ4v) is 0.433. The van der Waals surface area contributed by atoms with Gasteiger partial charge in [0.15, 0.2) is 0 Å². The summed E-state index contributed by atoms with van der Waals surface area (Å²) in [7, 11) is 3.82. The van der Waals surface area contributed by atoms with Crippen molar-refractivity contribution in [2.24, 2.45) is 0 Å². The first-order chi connectivity index (χ1) is 3.35. The summed E-state index contributed by atoms with van der Waals surface area (Å²) < 4.78 is 0. The molecular weight excluding hydrogens is 88.1 g/mol. The molecule has 0 saturated carbocycles. The lowest BCUT2D eigenvalue weighted by Gasteiger charge is -2.10. The van der Waals surface area contributed by atoms with Crippen LogP contribution >= 0.6 is 0 Å². The van der Waals surface area contributed by atoms with Crippen molar-refractivity contribution in [2.45, 2.75) is 12.6 Å². The molecule has 7 heavy (non-hydrogen) atoms. The molecule has 0 aliphatic heterocycles. The van der Waals surface area contributed by atoms with Gasteiger partial charge < -0.3 is 10.6 Å². The molecule has 0 bridgehead atoms. The number of hydrogen-bond acceptors (Lipinski definition) is 2. The maximum atomic E-state index is 3.70. The lowest BCUT2D eigenvalue weighted by atomic mass is 10.4. The zero-order valence-corrected chi connectivity index (χ0v) is 4.99. The van der Waals surface area contributed by atoms with Crippen molar-refractivity contribution in [3.05, 3.63) is 6.92 Å². The van der Waals surface area contributed by atoms with Crippen molar-refractivity contribution in [3.8, 4) is 0 Å². The highest BCUT2D eigenvalue weighted by Crippen LogP contribution is 1.77. The molecule has 2 heteroatoms. The molecule has 0 aromatic rings. The van der Waals surface area contributed by atoms with Crippen molar-refractivity contribution in [1.82, 2.24) is 10.6 Å². The van der Waals surface area contributed by atoms with Crippen LogP contribution in [0.1, 0.15) is 6.42 Å². The third-order valence-corrected chi connectivity index (χ3v) is 0.986. The van der Waals surface area contributed by atoms with E-state index in [1.807, 2.05) is 14.1 Å². The van der Waals surface area contributed by atoms with Crippen LogP contribution in [0.25, 0.3) is 0 Å². The SMILES string of the molecule is [CH2]CC(NC)NC. The van der Waals surface area contributed by atoms with Gasteiger partial charge in [-0.1, -0.05) is 6.92 Å². The Morgan fingerprint density at radius 3 is 1.86 bits per heavy atom. The lowest BCUT2D eigenvalue weighted by molar-refractivity contribution is 0.499. The normalized spacial score (nSPS) is 10.3. The van der Waals surface area contributed by atoms with Crippen LogP contribution in [0.3, 0.4) is 0 Å². The molecule has 2 N–H and O–H groups in total. The van der Waals surface area contributed by atoms with E-state index in [2.05, 4.69) is 17.6 Å². The summed E-state index contributed by atoms with van der Waals surface area (Å²) in [6.07, 6.45) is 1.26. The highest BCUT2D eigenvalue weighted by Gasteiger charge is 1.92. The van der Waals surface area contributed by atoms with Crippen molar-refractivity contribution in [3.63, 3.8) is 0 Å². The van der Waals surface area contributed by atoms with Crippen molar-refractivity contribution in [1.29, 1.82) is 0 Å². The average Bonchev–Trinajstić information content (AvgIpc) is 1.72. The molecule has 0 aliphatic carbocycles. The molecule has 1 radical (unpaired) electrons. The van der Waals surface area contributed by atoms with E-state index in [4.69, 9.17) is 0 Å². The van der Waals surface area contributed by atoms with Gasteiger partial charge in [-0.05, 0) is 20.5 Å². The summed E-state index contributed by atoms with van der Waals surface area (Å²) in [5, 5.41) is 6.06. The molecule has 0 amide bonds. The third kappa shape index (κ3) is 2.60. The lowest BCUT2D eigenvalue weighted by Crippen LogP contribution is -2.36. The molecule has 0 aromatic carbocycles. The number of hydrogen-bond donors (Lipinski definition) is 2. The molecule has 2 nitrogen and oxygen atoms in total. The minimum Gasteiger partial charge on any atom is -0.305 e. The first kappa shape index (κ1) is 6.92. The summed E-state index contributed by atoms with van der Waals surface area (Å²) in [4.78, 5) is 0. The minimum atomic E-state index is 0.375. The van der Waals surface area contributed by atoms with Gasteiger partial charge in [-0.2, -0.15) is 0 Å². The highest BCUT2D eigenvalue weighted by atomic mass is 15.1. The van der Waals surface area contributed by atoms with E-state index >= 15 is 0 Å². The second-order valence-electron chi connectivity index (χ2n) is 1.42. The minimum absolute atomic E-state index is 0.375. The Hall–Kier alpha value is -0.0800. The Morgan fingerprint density at radius 2 is 1.86 bits per heavy atom. The maximum Gasteiger partial charge on any atom is 0.0566 e. The fourth-order valence-electron chi connectivity index (χ4n) is 0.433. The summed E-state index contributed by atoms with van der Waals surface area (Å²) >= 11 is 0. The first-order valence-corrected chi connectivity index (χ1v) is 2.49. The quantitative estimate of drug-likeness (QED) is 0.488. The van der Waals surface area contributed by atoms with Crippen LogP contribution in [0, 0.1) is 6.92 Å². The second kappa shape index (κ2) is 4.09. The molecule has 0 spiro atoms. The van der Waals surface area contributed by atoms with Crippen molar-refractivity contribution in [2.75, 3.05) is 14.1 Å². The van der Waals surface area contributed by atoms with E-state index in [0.717, 1.165) is 6.42 Å². The van der Waals surface area contributed by atoms with Crippen LogP contribution in [0.4, 0.5) is 0 Å². The monoisotopic (exact) mass is 101 g/mol. The summed E-state index contributed by atoms with van der Waals surface area (Å²) in [5.41, 5.74) is 0. The molecule has 0 fully saturated rings.